The van der Waals surface area contributed by atoms with Gasteiger partial charge in [-0.1, -0.05) is 66.0 Å². The minimum Gasteiger partial charge on any atom is -0.295 e. The Morgan fingerprint density at radius 1 is 1.04 bits per heavy atom. The van der Waals surface area contributed by atoms with Crippen molar-refractivity contribution in [2.24, 2.45) is 46.3 Å². The highest BCUT2D eigenvalue weighted by molar-refractivity contribution is 5.92. The van der Waals surface area contributed by atoms with Crippen LogP contribution in [0.3, 0.4) is 0 Å². The lowest BCUT2D eigenvalue weighted by molar-refractivity contribution is -0.116. The Hall–Kier alpha value is -0.850. The molecule has 2 saturated carbocycles. The fraction of sp³-hybridized carbons (Fsp3) is 0.815. The number of rotatable bonds is 5. The van der Waals surface area contributed by atoms with Crippen LogP contribution < -0.4 is 0 Å². The van der Waals surface area contributed by atoms with Crippen LogP contribution in [0.15, 0.2) is 23.8 Å². The van der Waals surface area contributed by atoms with Gasteiger partial charge in [-0.2, -0.15) is 0 Å². The van der Waals surface area contributed by atoms with Crippen molar-refractivity contribution in [1.29, 1.82) is 0 Å². The van der Waals surface area contributed by atoms with E-state index in [4.69, 9.17) is 0 Å². The van der Waals surface area contributed by atoms with E-state index < -0.39 is 0 Å². The van der Waals surface area contributed by atoms with E-state index >= 15 is 0 Å². The van der Waals surface area contributed by atoms with Crippen molar-refractivity contribution in [3.8, 4) is 0 Å². The molecule has 0 aromatic rings. The summed E-state index contributed by atoms with van der Waals surface area (Å²) in [6, 6.07) is 0. The molecule has 1 nitrogen and oxygen atoms in total. The van der Waals surface area contributed by atoms with Crippen LogP contribution in [0.5, 0.6) is 0 Å². The van der Waals surface area contributed by atoms with E-state index in [0.29, 0.717) is 11.2 Å². The molecule has 0 heterocycles. The third kappa shape index (κ3) is 3.25. The second kappa shape index (κ2) is 7.44. The SMILES string of the molecule is CC(C)CCCC(C)C1CCC2C3C=CC4=CC(=O)CCC4(C)C3CCC12C. The average molecular weight is 383 g/mol. The standard InChI is InChI=1S/C27H42O/c1-18(2)7-6-8-19(3)23-11-12-24-22-10-9-20-17-21(28)13-15-26(20,4)25(22)14-16-27(23,24)5/h9-10,17-19,22-25H,6-8,11-16H2,1-5H3. The summed E-state index contributed by atoms with van der Waals surface area (Å²) in [6.07, 6.45) is 18.5. The monoisotopic (exact) mass is 382 g/mol. The first-order valence-electron chi connectivity index (χ1n) is 12.2. The molecule has 4 rings (SSSR count). The molecular formula is C27H42O. The van der Waals surface area contributed by atoms with Gasteiger partial charge in [0, 0.05) is 6.42 Å². The van der Waals surface area contributed by atoms with E-state index in [-0.39, 0.29) is 5.41 Å². The molecule has 0 aromatic carbocycles. The number of carbonyl (C=O) groups excluding carboxylic acids is 1. The normalized spacial score (nSPS) is 43.4. The van der Waals surface area contributed by atoms with E-state index in [9.17, 15) is 4.79 Å². The lowest BCUT2D eigenvalue weighted by Gasteiger charge is -2.56. The highest BCUT2D eigenvalue weighted by Gasteiger charge is 2.58. The Morgan fingerprint density at radius 2 is 1.82 bits per heavy atom. The van der Waals surface area contributed by atoms with Gasteiger partial charge in [0.05, 0.1) is 0 Å². The van der Waals surface area contributed by atoms with Gasteiger partial charge in [0.15, 0.2) is 5.78 Å². The molecule has 4 aliphatic rings. The first-order chi connectivity index (χ1) is 13.3. The van der Waals surface area contributed by atoms with Gasteiger partial charge < -0.3 is 0 Å². The Balaban J connectivity index is 1.53. The van der Waals surface area contributed by atoms with Gasteiger partial charge in [-0.05, 0) is 90.1 Å². The zero-order chi connectivity index (χ0) is 20.1. The van der Waals surface area contributed by atoms with Crippen molar-refractivity contribution in [2.75, 3.05) is 0 Å². The molecule has 0 aromatic heterocycles. The van der Waals surface area contributed by atoms with Gasteiger partial charge in [0.25, 0.3) is 0 Å². The summed E-state index contributed by atoms with van der Waals surface area (Å²) in [6.45, 7) is 12.4. The van der Waals surface area contributed by atoms with Crippen molar-refractivity contribution < 1.29 is 4.79 Å². The van der Waals surface area contributed by atoms with Gasteiger partial charge in [0.2, 0.25) is 0 Å². The van der Waals surface area contributed by atoms with Crippen molar-refractivity contribution >= 4 is 5.78 Å². The molecule has 1 heteroatoms. The molecule has 0 N–H and O–H groups in total. The van der Waals surface area contributed by atoms with Crippen molar-refractivity contribution in [3.63, 3.8) is 0 Å². The Bertz CT molecular complexity index is 670. The smallest absolute Gasteiger partial charge is 0.156 e. The maximum absolute atomic E-state index is 12.0. The van der Waals surface area contributed by atoms with Gasteiger partial charge in [-0.3, -0.25) is 4.79 Å². The number of carbonyl (C=O) groups is 1. The molecule has 4 aliphatic carbocycles. The minimum atomic E-state index is 0.246. The zero-order valence-corrected chi connectivity index (χ0v) is 19.0. The summed E-state index contributed by atoms with van der Waals surface area (Å²) in [5.74, 6) is 5.32. The van der Waals surface area contributed by atoms with Crippen LogP contribution >= 0.6 is 0 Å². The first-order valence-corrected chi connectivity index (χ1v) is 12.2. The summed E-state index contributed by atoms with van der Waals surface area (Å²) >= 11 is 0. The van der Waals surface area contributed by atoms with Crippen LogP contribution in [0.2, 0.25) is 0 Å². The third-order valence-corrected chi connectivity index (χ3v) is 9.72. The fourth-order valence-electron chi connectivity index (χ4n) is 8.02. The number of hydrogen-bond donors (Lipinski definition) is 0. The van der Waals surface area contributed by atoms with E-state index in [1.165, 1.54) is 50.5 Å². The van der Waals surface area contributed by atoms with Crippen LogP contribution in [-0.2, 0) is 4.79 Å². The van der Waals surface area contributed by atoms with Crippen LogP contribution in [0.25, 0.3) is 0 Å². The second-order valence-electron chi connectivity index (χ2n) is 11.7. The van der Waals surface area contributed by atoms with Crippen LogP contribution in [0, 0.1) is 46.3 Å². The maximum atomic E-state index is 12.0. The predicted octanol–water partition coefficient (Wildman–Crippen LogP) is 7.37. The minimum absolute atomic E-state index is 0.246. The molecule has 7 unspecified atom stereocenters. The van der Waals surface area contributed by atoms with E-state index in [0.717, 1.165) is 48.3 Å². The molecule has 7 atom stereocenters. The number of fused-ring (bicyclic) bond motifs is 5. The summed E-state index contributed by atoms with van der Waals surface area (Å²) < 4.78 is 0. The lowest BCUT2D eigenvalue weighted by atomic mass is 9.48. The van der Waals surface area contributed by atoms with Crippen molar-refractivity contribution in [1.82, 2.24) is 0 Å². The van der Waals surface area contributed by atoms with E-state index in [1.54, 1.807) is 0 Å². The highest BCUT2D eigenvalue weighted by Crippen LogP contribution is 2.66. The molecule has 0 amide bonds. The third-order valence-electron chi connectivity index (χ3n) is 9.72. The zero-order valence-electron chi connectivity index (χ0n) is 19.0. The van der Waals surface area contributed by atoms with Gasteiger partial charge in [0.1, 0.15) is 0 Å². The highest BCUT2D eigenvalue weighted by atomic mass is 16.1. The summed E-state index contributed by atoms with van der Waals surface area (Å²) in [5, 5.41) is 0. The summed E-state index contributed by atoms with van der Waals surface area (Å²) in [5.41, 5.74) is 2.12. The maximum Gasteiger partial charge on any atom is 0.156 e. The van der Waals surface area contributed by atoms with Crippen LogP contribution in [0.1, 0.15) is 92.4 Å². The summed E-state index contributed by atoms with van der Waals surface area (Å²) in [4.78, 5) is 12.0. The average Bonchev–Trinajstić information content (AvgIpc) is 2.99. The molecule has 0 radical (unpaired) electrons. The van der Waals surface area contributed by atoms with E-state index in [1.807, 2.05) is 6.08 Å². The lowest BCUT2D eigenvalue weighted by Crippen LogP contribution is -2.49. The topological polar surface area (TPSA) is 17.1 Å². The van der Waals surface area contributed by atoms with Gasteiger partial charge in [-0.15, -0.1) is 0 Å². The summed E-state index contributed by atoms with van der Waals surface area (Å²) in [7, 11) is 0. The van der Waals surface area contributed by atoms with Crippen LogP contribution in [-0.4, -0.2) is 5.78 Å². The fourth-order valence-corrected chi connectivity index (χ4v) is 8.02. The predicted molar refractivity (Wildman–Crippen MR) is 118 cm³/mol. The Morgan fingerprint density at radius 3 is 2.57 bits per heavy atom. The van der Waals surface area contributed by atoms with Gasteiger partial charge in [-0.25, -0.2) is 0 Å². The Labute approximate surface area is 173 Å². The molecule has 0 aliphatic heterocycles. The number of ketones is 1. The number of hydrogen-bond acceptors (Lipinski definition) is 1. The van der Waals surface area contributed by atoms with Crippen molar-refractivity contribution in [3.05, 3.63) is 23.8 Å². The quantitative estimate of drug-likeness (QED) is 0.485. The molecule has 2 fully saturated rings. The molecule has 0 bridgehead atoms. The molecule has 0 saturated heterocycles. The Kier molecular flexibility index (Phi) is 5.43. The van der Waals surface area contributed by atoms with Crippen molar-refractivity contribution in [2.45, 2.75) is 92.4 Å². The largest absolute Gasteiger partial charge is 0.295 e. The molecular weight excluding hydrogens is 340 g/mol. The molecule has 28 heavy (non-hydrogen) atoms. The van der Waals surface area contributed by atoms with E-state index in [2.05, 4.69) is 46.8 Å². The molecule has 156 valence electrons. The number of allylic oxidation sites excluding steroid dienone is 4. The second-order valence-corrected chi connectivity index (χ2v) is 11.7. The van der Waals surface area contributed by atoms with Gasteiger partial charge >= 0.3 is 0 Å². The molecule has 0 spiro atoms. The van der Waals surface area contributed by atoms with Crippen LogP contribution in [0.4, 0.5) is 0 Å². The first kappa shape index (κ1) is 20.4.